The lowest BCUT2D eigenvalue weighted by atomic mass is 10.1. The smallest absolute Gasteiger partial charge is 0.344 e. The molecule has 5 nitrogen and oxygen atoms in total. The average Bonchev–Trinajstić information content (AvgIpc) is 2.89. The molecule has 2 aromatic carbocycles. The van der Waals surface area contributed by atoms with Gasteiger partial charge in [0.1, 0.15) is 17.1 Å². The summed E-state index contributed by atoms with van der Waals surface area (Å²) in [6.07, 6.45) is 1.69. The van der Waals surface area contributed by atoms with Crippen LogP contribution in [0.3, 0.4) is 0 Å². The van der Waals surface area contributed by atoms with E-state index in [9.17, 15) is 9.59 Å². The summed E-state index contributed by atoms with van der Waals surface area (Å²) in [7, 11) is 0. The number of carbonyl (C=O) groups is 2. The summed E-state index contributed by atoms with van der Waals surface area (Å²) in [6.45, 7) is 5.16. The van der Waals surface area contributed by atoms with Crippen molar-refractivity contribution < 1.29 is 23.8 Å². The molecule has 1 aliphatic heterocycles. The molecule has 6 heteroatoms. The van der Waals surface area contributed by atoms with E-state index < -0.39 is 11.6 Å². The van der Waals surface area contributed by atoms with Crippen molar-refractivity contribution in [1.29, 1.82) is 0 Å². The zero-order chi connectivity index (χ0) is 19.6. The molecule has 0 atom stereocenters. The van der Waals surface area contributed by atoms with Gasteiger partial charge >= 0.3 is 5.97 Å². The molecule has 3 rings (SSSR count). The highest BCUT2D eigenvalue weighted by Gasteiger charge is 2.28. The number of benzene rings is 2. The van der Waals surface area contributed by atoms with Gasteiger partial charge < -0.3 is 14.2 Å². The molecule has 0 saturated carbocycles. The van der Waals surface area contributed by atoms with E-state index in [1.165, 1.54) is 0 Å². The van der Waals surface area contributed by atoms with Crippen LogP contribution >= 0.6 is 15.9 Å². The molecular weight excluding hydrogens is 412 g/mol. The quantitative estimate of drug-likeness (QED) is 0.515. The highest BCUT2D eigenvalue weighted by Crippen LogP contribution is 2.35. The van der Waals surface area contributed by atoms with Gasteiger partial charge in [0.2, 0.25) is 5.78 Å². The van der Waals surface area contributed by atoms with E-state index in [-0.39, 0.29) is 18.1 Å². The number of allylic oxidation sites excluding steroid dienone is 1. The second-order valence-electron chi connectivity index (χ2n) is 7.02. The van der Waals surface area contributed by atoms with Gasteiger partial charge in [-0.05, 0) is 56.7 Å². The Morgan fingerprint density at radius 3 is 2.52 bits per heavy atom. The van der Waals surface area contributed by atoms with Gasteiger partial charge in [0.05, 0.1) is 5.56 Å². The number of rotatable bonds is 4. The van der Waals surface area contributed by atoms with E-state index in [2.05, 4.69) is 15.9 Å². The van der Waals surface area contributed by atoms with Gasteiger partial charge in [0.15, 0.2) is 12.4 Å². The maximum Gasteiger partial charge on any atom is 0.344 e. The maximum absolute atomic E-state index is 12.5. The Morgan fingerprint density at radius 2 is 1.85 bits per heavy atom. The Bertz CT molecular complexity index is 907. The topological polar surface area (TPSA) is 61.8 Å². The van der Waals surface area contributed by atoms with E-state index >= 15 is 0 Å². The third kappa shape index (κ3) is 4.98. The third-order valence-corrected chi connectivity index (χ3v) is 4.11. The van der Waals surface area contributed by atoms with Gasteiger partial charge in [-0.3, -0.25) is 4.79 Å². The Kier molecular flexibility index (Phi) is 5.37. The number of esters is 1. The Balaban J connectivity index is 1.70. The zero-order valence-electron chi connectivity index (χ0n) is 15.2. The molecule has 1 heterocycles. The molecule has 0 bridgehead atoms. The molecule has 140 valence electrons. The zero-order valence-corrected chi connectivity index (χ0v) is 16.8. The third-order valence-electron chi connectivity index (χ3n) is 3.59. The number of fused-ring (bicyclic) bond motifs is 1. The fourth-order valence-corrected chi connectivity index (χ4v) is 2.74. The number of hydrogen-bond donors (Lipinski definition) is 0. The van der Waals surface area contributed by atoms with Gasteiger partial charge in [0, 0.05) is 10.5 Å². The summed E-state index contributed by atoms with van der Waals surface area (Å²) >= 11 is 3.38. The summed E-state index contributed by atoms with van der Waals surface area (Å²) in [4.78, 5) is 24.2. The lowest BCUT2D eigenvalue weighted by Gasteiger charge is -2.19. The van der Waals surface area contributed by atoms with Crippen LogP contribution < -0.4 is 9.47 Å². The van der Waals surface area contributed by atoms with Crippen LogP contribution in [0.1, 0.15) is 36.7 Å². The first kappa shape index (κ1) is 19.2. The molecule has 0 aliphatic carbocycles. The van der Waals surface area contributed by atoms with Crippen molar-refractivity contribution in [2.75, 3.05) is 6.61 Å². The second kappa shape index (κ2) is 7.56. The molecule has 0 radical (unpaired) electrons. The largest absolute Gasteiger partial charge is 0.482 e. The average molecular weight is 431 g/mol. The molecule has 0 amide bonds. The van der Waals surface area contributed by atoms with Crippen LogP contribution in [0.4, 0.5) is 0 Å². The molecule has 0 unspecified atom stereocenters. The molecule has 27 heavy (non-hydrogen) atoms. The highest BCUT2D eigenvalue weighted by molar-refractivity contribution is 9.10. The fraction of sp³-hybridized carbons (Fsp3) is 0.238. The minimum Gasteiger partial charge on any atom is -0.482 e. The molecule has 0 N–H and O–H groups in total. The van der Waals surface area contributed by atoms with Crippen LogP contribution in [0.15, 0.2) is 52.7 Å². The number of halogens is 1. The summed E-state index contributed by atoms with van der Waals surface area (Å²) < 4.78 is 17.3. The summed E-state index contributed by atoms with van der Waals surface area (Å²) in [5, 5.41) is 0. The first-order chi connectivity index (χ1) is 12.7. The molecule has 0 aromatic heterocycles. The Labute approximate surface area is 166 Å². The number of ether oxygens (including phenoxy) is 3. The van der Waals surface area contributed by atoms with E-state index in [0.29, 0.717) is 17.1 Å². The maximum atomic E-state index is 12.5. The molecule has 0 saturated heterocycles. The minimum atomic E-state index is -0.569. The van der Waals surface area contributed by atoms with Crippen molar-refractivity contribution in [3.8, 4) is 11.5 Å². The van der Waals surface area contributed by atoms with Crippen molar-refractivity contribution in [2.24, 2.45) is 0 Å². The first-order valence-electron chi connectivity index (χ1n) is 8.40. The van der Waals surface area contributed by atoms with Crippen molar-refractivity contribution in [2.45, 2.75) is 26.4 Å². The monoisotopic (exact) mass is 430 g/mol. The molecule has 0 fully saturated rings. The fourth-order valence-electron chi connectivity index (χ4n) is 2.48. The van der Waals surface area contributed by atoms with Crippen LogP contribution in [0.25, 0.3) is 6.08 Å². The summed E-state index contributed by atoms with van der Waals surface area (Å²) in [5.41, 5.74) is 0.749. The number of ketones is 1. The predicted octanol–water partition coefficient (Wildman–Crippen LogP) is 4.79. The van der Waals surface area contributed by atoms with Gasteiger partial charge in [-0.25, -0.2) is 4.79 Å². The normalized spacial score (nSPS) is 14.7. The number of Topliss-reactive ketones (excluding diaryl/α,β-unsaturated/α-hetero) is 1. The lowest BCUT2D eigenvalue weighted by Crippen LogP contribution is -2.27. The van der Waals surface area contributed by atoms with Crippen LogP contribution in [-0.2, 0) is 9.53 Å². The minimum absolute atomic E-state index is 0.188. The molecular formula is C21H19BrO5. The Morgan fingerprint density at radius 1 is 1.15 bits per heavy atom. The predicted molar refractivity (Wildman–Crippen MR) is 105 cm³/mol. The van der Waals surface area contributed by atoms with E-state index in [1.807, 2.05) is 24.3 Å². The van der Waals surface area contributed by atoms with Crippen LogP contribution in [0.5, 0.6) is 11.5 Å². The van der Waals surface area contributed by atoms with Crippen LogP contribution in [-0.4, -0.2) is 24.0 Å². The van der Waals surface area contributed by atoms with Gasteiger partial charge in [-0.15, -0.1) is 0 Å². The van der Waals surface area contributed by atoms with Gasteiger partial charge in [0.25, 0.3) is 0 Å². The molecule has 2 aromatic rings. The SMILES string of the molecule is CC(C)(C)OC(=O)COc1ccc2c(c1)O/C(=C\c1ccc(Br)cc1)C2=O. The number of carbonyl (C=O) groups excluding carboxylic acids is 2. The van der Waals surface area contributed by atoms with Gasteiger partial charge in [-0.1, -0.05) is 28.1 Å². The molecule has 0 spiro atoms. The lowest BCUT2D eigenvalue weighted by molar-refractivity contribution is -0.157. The van der Waals surface area contributed by atoms with Crippen molar-refractivity contribution in [1.82, 2.24) is 0 Å². The van der Waals surface area contributed by atoms with Crippen molar-refractivity contribution in [3.63, 3.8) is 0 Å². The van der Waals surface area contributed by atoms with Crippen LogP contribution in [0, 0.1) is 0 Å². The van der Waals surface area contributed by atoms with Gasteiger partial charge in [-0.2, -0.15) is 0 Å². The summed E-state index contributed by atoms with van der Waals surface area (Å²) in [5.74, 6) is 0.432. The standard InChI is InChI=1S/C21H19BrO5/c1-21(2,3)27-19(23)12-25-15-8-9-16-17(11-15)26-18(20(16)24)10-13-4-6-14(22)7-5-13/h4-11H,12H2,1-3H3/b18-10-. The van der Waals surface area contributed by atoms with Crippen LogP contribution in [0.2, 0.25) is 0 Å². The summed E-state index contributed by atoms with van der Waals surface area (Å²) in [6, 6.07) is 12.4. The number of hydrogen-bond acceptors (Lipinski definition) is 5. The first-order valence-corrected chi connectivity index (χ1v) is 9.19. The van der Waals surface area contributed by atoms with Crippen molar-refractivity contribution in [3.05, 3.63) is 63.8 Å². The van der Waals surface area contributed by atoms with Crippen molar-refractivity contribution >= 4 is 33.8 Å². The highest BCUT2D eigenvalue weighted by atomic mass is 79.9. The molecule has 1 aliphatic rings. The van der Waals surface area contributed by atoms with E-state index in [4.69, 9.17) is 14.2 Å². The van der Waals surface area contributed by atoms with E-state index in [1.54, 1.807) is 45.0 Å². The Hall–Kier alpha value is -2.60. The van der Waals surface area contributed by atoms with E-state index in [0.717, 1.165) is 10.0 Å². The second-order valence-corrected chi connectivity index (χ2v) is 7.94.